The molecule has 0 bridgehead atoms. The van der Waals surface area contributed by atoms with Gasteiger partial charge in [0.2, 0.25) is 0 Å². The Morgan fingerprint density at radius 1 is 1.12 bits per heavy atom. The smallest absolute Gasteiger partial charge is 0.388 e. The van der Waals surface area contributed by atoms with Gasteiger partial charge in [-0.3, -0.25) is 9.69 Å². The molecule has 1 aromatic carbocycles. The molecule has 3 heterocycles. The normalized spacial score (nSPS) is 28.6. The summed E-state index contributed by atoms with van der Waals surface area (Å²) < 4.78 is 12.4. The molecule has 33 heavy (non-hydrogen) atoms. The van der Waals surface area contributed by atoms with Gasteiger partial charge < -0.3 is 19.5 Å². The zero-order valence-corrected chi connectivity index (χ0v) is 19.5. The standard InChI is InChI=1S/C25H33N3O5/c1-15(2)32-18-13-27(14-18)20-5-3-4-6-22(20)33-17-7-8-19-16(11-17)12-28(25(19)31)21-9-10-23(29)26-24(21)30/h7-8,11,15,18,20-22H,3-6,9-10,12-14H2,1-2H3,(H,26,29,30)/p+1/t20-,21?,22+/m0/s1. The molecule has 1 saturated carbocycles. The van der Waals surface area contributed by atoms with Gasteiger partial charge in [0.1, 0.15) is 11.9 Å². The predicted octanol–water partition coefficient (Wildman–Crippen LogP) is 1.17. The lowest BCUT2D eigenvalue weighted by Crippen LogP contribution is -2.82. The van der Waals surface area contributed by atoms with E-state index < -0.39 is 6.04 Å². The van der Waals surface area contributed by atoms with E-state index in [1.165, 1.54) is 12.8 Å². The van der Waals surface area contributed by atoms with Crippen LogP contribution in [0.5, 0.6) is 5.75 Å². The fraction of sp³-hybridized carbons (Fsp3) is 0.640. The number of benzene rings is 1. The molecule has 4 aliphatic rings. The maximum atomic E-state index is 12.9. The Balaban J connectivity index is 1.25. The summed E-state index contributed by atoms with van der Waals surface area (Å²) in [6.07, 6.45) is 6.01. The Morgan fingerprint density at radius 2 is 1.91 bits per heavy atom. The van der Waals surface area contributed by atoms with Crippen LogP contribution in [0.25, 0.3) is 0 Å². The Hall–Kier alpha value is -2.45. The largest absolute Gasteiger partial charge is 0.489 e. The molecule has 1 saturated heterocycles. The third kappa shape index (κ3) is 4.51. The van der Waals surface area contributed by atoms with Crippen LogP contribution in [0.15, 0.2) is 18.2 Å². The van der Waals surface area contributed by atoms with Crippen molar-refractivity contribution < 1.29 is 29.2 Å². The second-order valence-corrected chi connectivity index (χ2v) is 10.0. The number of hydrogen-bond acceptors (Lipinski definition) is 5. The van der Waals surface area contributed by atoms with Crippen molar-refractivity contribution in [1.82, 2.24) is 9.80 Å². The van der Waals surface area contributed by atoms with E-state index >= 15 is 0 Å². The molecule has 1 unspecified atom stereocenters. The fourth-order valence-electron chi connectivity index (χ4n) is 5.66. The number of carbonyl (C=O) groups excluding carboxylic acids is 2. The summed E-state index contributed by atoms with van der Waals surface area (Å²) in [6.45, 7) is 6.50. The highest BCUT2D eigenvalue weighted by molar-refractivity contribution is 6.01. The van der Waals surface area contributed by atoms with Crippen molar-refractivity contribution in [2.24, 2.45) is 0 Å². The summed E-state index contributed by atoms with van der Waals surface area (Å²) in [4.78, 5) is 31.1. The minimum absolute atomic E-state index is 0.114. The number of carbonyl (C=O) groups is 2. The average Bonchev–Trinajstić information content (AvgIpc) is 3.06. The Labute approximate surface area is 194 Å². The number of aliphatic hydroxyl groups excluding tert-OH is 1. The minimum atomic E-state index is -0.484. The molecule has 178 valence electrons. The molecule has 2 amide bonds. The molecular weight excluding hydrogens is 422 g/mol. The molecule has 2 N–H and O–H groups in total. The molecule has 1 aromatic rings. The van der Waals surface area contributed by atoms with Crippen LogP contribution in [0, 0.1) is 0 Å². The molecule has 2 fully saturated rings. The highest BCUT2D eigenvalue weighted by Crippen LogP contribution is 2.34. The third-order valence-electron chi connectivity index (χ3n) is 7.28. The van der Waals surface area contributed by atoms with Gasteiger partial charge in [-0.05, 0) is 63.3 Å². The number of likely N-dealkylation sites (tertiary alicyclic amines) is 1. The molecule has 0 radical (unpaired) electrons. The molecular formula is C25H34N3O5+. The summed E-state index contributed by atoms with van der Waals surface area (Å²) in [5.41, 5.74) is 1.55. The van der Waals surface area contributed by atoms with E-state index in [1.807, 2.05) is 18.2 Å². The van der Waals surface area contributed by atoms with Crippen LogP contribution in [-0.4, -0.2) is 76.1 Å². The number of nitrogens with zero attached hydrogens (tertiary/aromatic N) is 2. The number of nitrogens with one attached hydrogen (secondary N) is 1. The summed E-state index contributed by atoms with van der Waals surface area (Å²) in [5.74, 6) is 0.329. The summed E-state index contributed by atoms with van der Waals surface area (Å²) in [6, 6.07) is 5.60. The summed E-state index contributed by atoms with van der Waals surface area (Å²) >= 11 is 0. The van der Waals surface area contributed by atoms with Crippen LogP contribution in [0.2, 0.25) is 0 Å². The highest BCUT2D eigenvalue weighted by atomic mass is 16.5. The Kier molecular flexibility index (Phi) is 6.14. The van der Waals surface area contributed by atoms with Crippen LogP contribution in [0.1, 0.15) is 68.3 Å². The Morgan fingerprint density at radius 3 is 2.67 bits per heavy atom. The van der Waals surface area contributed by atoms with Gasteiger partial charge in [-0.25, -0.2) is 4.79 Å². The first-order chi connectivity index (χ1) is 15.9. The van der Waals surface area contributed by atoms with E-state index in [0.29, 0.717) is 37.1 Å². The van der Waals surface area contributed by atoms with Crippen molar-refractivity contribution in [2.45, 2.75) is 89.3 Å². The zero-order chi connectivity index (χ0) is 23.1. The number of rotatable bonds is 6. The maximum absolute atomic E-state index is 12.9. The first kappa shape index (κ1) is 22.3. The van der Waals surface area contributed by atoms with Crippen molar-refractivity contribution in [2.75, 3.05) is 13.1 Å². The van der Waals surface area contributed by atoms with E-state index in [9.17, 15) is 14.7 Å². The molecule has 0 aromatic heterocycles. The topological polar surface area (TPSA) is 93.3 Å². The van der Waals surface area contributed by atoms with Crippen molar-refractivity contribution in [3.8, 4) is 5.75 Å². The van der Waals surface area contributed by atoms with Gasteiger partial charge in [0, 0.05) is 31.2 Å². The van der Waals surface area contributed by atoms with Gasteiger partial charge in [-0.1, -0.05) is 6.42 Å². The highest BCUT2D eigenvalue weighted by Gasteiger charge is 2.42. The number of ether oxygens (including phenoxy) is 2. The van der Waals surface area contributed by atoms with Gasteiger partial charge in [0.25, 0.3) is 5.91 Å². The van der Waals surface area contributed by atoms with Crippen LogP contribution in [-0.2, 0) is 16.1 Å². The van der Waals surface area contributed by atoms with E-state index in [-0.39, 0.29) is 29.9 Å². The average molecular weight is 457 g/mol. The number of aliphatic hydroxyl groups is 1. The van der Waals surface area contributed by atoms with Crippen LogP contribution in [0.3, 0.4) is 0 Å². The lowest BCUT2D eigenvalue weighted by Gasteiger charge is -2.48. The van der Waals surface area contributed by atoms with Gasteiger partial charge in [-0.2, -0.15) is 0 Å². The zero-order valence-electron chi connectivity index (χ0n) is 19.5. The quantitative estimate of drug-likeness (QED) is 0.668. The molecule has 5 rings (SSSR count). The van der Waals surface area contributed by atoms with Gasteiger partial charge >= 0.3 is 11.8 Å². The SMILES string of the molecule is CC(C)OC1CN([C@H]2CCCC[C@H]2Oc2ccc3c(c2)CN(C2CCC(=O)[NH+]=C2O)C3=O)C1. The maximum Gasteiger partial charge on any atom is 0.388 e. The van der Waals surface area contributed by atoms with Crippen molar-refractivity contribution in [3.63, 3.8) is 0 Å². The van der Waals surface area contributed by atoms with Crippen LogP contribution >= 0.6 is 0 Å². The molecule has 8 heteroatoms. The first-order valence-corrected chi connectivity index (χ1v) is 12.2. The molecule has 3 aliphatic heterocycles. The lowest BCUT2D eigenvalue weighted by molar-refractivity contribution is -0.394. The number of fused-ring (bicyclic) bond motifs is 1. The van der Waals surface area contributed by atoms with Gasteiger partial charge in [-0.15, -0.1) is 4.99 Å². The number of amides is 2. The minimum Gasteiger partial charge on any atom is -0.489 e. The molecule has 1 aliphatic carbocycles. The van der Waals surface area contributed by atoms with Crippen molar-refractivity contribution >= 4 is 17.7 Å². The predicted molar refractivity (Wildman–Crippen MR) is 121 cm³/mol. The Bertz CT molecular complexity index is 955. The van der Waals surface area contributed by atoms with Crippen molar-refractivity contribution in [3.05, 3.63) is 29.3 Å². The van der Waals surface area contributed by atoms with Gasteiger partial charge in [0.15, 0.2) is 6.04 Å². The van der Waals surface area contributed by atoms with E-state index in [2.05, 4.69) is 23.7 Å². The van der Waals surface area contributed by atoms with Crippen molar-refractivity contribution in [1.29, 1.82) is 0 Å². The van der Waals surface area contributed by atoms with Crippen LogP contribution in [0.4, 0.5) is 0 Å². The molecule has 3 atom stereocenters. The second-order valence-electron chi connectivity index (χ2n) is 10.0. The van der Waals surface area contributed by atoms with E-state index in [1.54, 1.807) is 4.90 Å². The van der Waals surface area contributed by atoms with Gasteiger partial charge in [0.05, 0.1) is 18.6 Å². The third-order valence-corrected chi connectivity index (χ3v) is 7.28. The fourth-order valence-corrected chi connectivity index (χ4v) is 5.66. The monoisotopic (exact) mass is 456 g/mol. The van der Waals surface area contributed by atoms with E-state index in [4.69, 9.17) is 9.47 Å². The summed E-state index contributed by atoms with van der Waals surface area (Å²) in [5, 5.41) is 10.2. The lowest BCUT2D eigenvalue weighted by atomic mass is 9.89. The molecule has 8 nitrogen and oxygen atoms in total. The second kappa shape index (κ2) is 9.06. The summed E-state index contributed by atoms with van der Waals surface area (Å²) in [7, 11) is 0. The number of hydrogen-bond donors (Lipinski definition) is 2. The van der Waals surface area contributed by atoms with Crippen LogP contribution < -0.4 is 9.73 Å². The molecule has 0 spiro atoms. The first-order valence-electron chi connectivity index (χ1n) is 12.2. The van der Waals surface area contributed by atoms with E-state index in [0.717, 1.165) is 37.2 Å².